The molecule has 3 rings (SSSR count). The van der Waals surface area contributed by atoms with Gasteiger partial charge in [-0.3, -0.25) is 0 Å². The van der Waals surface area contributed by atoms with Gasteiger partial charge in [0.25, 0.3) is 0 Å². The average molecular weight is 305 g/mol. The van der Waals surface area contributed by atoms with Crippen LogP contribution in [-0.4, -0.2) is 29.1 Å². The van der Waals surface area contributed by atoms with Crippen LogP contribution in [0.4, 0.5) is 11.5 Å². The second-order valence-electron chi connectivity index (χ2n) is 4.59. The van der Waals surface area contributed by atoms with Crippen LogP contribution in [0, 0.1) is 6.92 Å². The fourth-order valence-electron chi connectivity index (χ4n) is 2.21. The lowest BCUT2D eigenvalue weighted by atomic mass is 10.2. The first-order valence-corrected chi connectivity index (χ1v) is 6.38. The number of anilines is 2. The maximum absolute atomic E-state index is 5.18. The predicted molar refractivity (Wildman–Crippen MR) is 86.9 cm³/mol. The van der Waals surface area contributed by atoms with Crippen LogP contribution in [0.3, 0.4) is 0 Å². The van der Waals surface area contributed by atoms with Gasteiger partial charge >= 0.3 is 0 Å². The van der Waals surface area contributed by atoms with Gasteiger partial charge in [-0.1, -0.05) is 0 Å². The molecule has 0 aliphatic carbocycles. The van der Waals surface area contributed by atoms with Gasteiger partial charge in [0.1, 0.15) is 17.1 Å². The zero-order valence-corrected chi connectivity index (χ0v) is 12.9. The molecular weight excluding hydrogens is 288 g/mol. The minimum atomic E-state index is 0. The number of rotatable bonds is 3. The number of aromatic amines is 1. The van der Waals surface area contributed by atoms with Crippen molar-refractivity contribution in [3.05, 3.63) is 42.4 Å². The summed E-state index contributed by atoms with van der Waals surface area (Å²) in [7, 11) is 3.65. The molecule has 0 unspecified atom stereocenters. The molecule has 0 amide bonds. The summed E-state index contributed by atoms with van der Waals surface area (Å²) < 4.78 is 5.18. The van der Waals surface area contributed by atoms with Gasteiger partial charge in [-0.25, -0.2) is 9.97 Å². The van der Waals surface area contributed by atoms with Gasteiger partial charge in [0, 0.05) is 18.9 Å². The summed E-state index contributed by atoms with van der Waals surface area (Å²) in [6.07, 6.45) is 1.88. The van der Waals surface area contributed by atoms with Crippen LogP contribution < -0.4 is 9.64 Å². The van der Waals surface area contributed by atoms with Gasteiger partial charge in [-0.15, -0.1) is 12.4 Å². The van der Waals surface area contributed by atoms with Gasteiger partial charge in [0.2, 0.25) is 0 Å². The number of nitrogens with zero attached hydrogens (tertiary/aromatic N) is 3. The largest absolute Gasteiger partial charge is 0.497 e. The Morgan fingerprint density at radius 3 is 2.48 bits per heavy atom. The molecule has 0 atom stereocenters. The summed E-state index contributed by atoms with van der Waals surface area (Å²) >= 11 is 0. The van der Waals surface area contributed by atoms with Crippen molar-refractivity contribution >= 4 is 34.9 Å². The molecule has 0 saturated carbocycles. The van der Waals surface area contributed by atoms with E-state index < -0.39 is 0 Å². The standard InChI is InChI=1S/C15H16N4O.ClH/c1-10-17-13-8-9-16-14(13)15(18-10)19(2)11-4-6-12(20-3)7-5-11;/h4-9,16H,1-3H3;1H. The Morgan fingerprint density at radius 1 is 1.10 bits per heavy atom. The van der Waals surface area contributed by atoms with Gasteiger partial charge in [0.15, 0.2) is 5.82 Å². The highest BCUT2D eigenvalue weighted by Crippen LogP contribution is 2.28. The zero-order chi connectivity index (χ0) is 14.1. The molecule has 2 heterocycles. The van der Waals surface area contributed by atoms with Crippen molar-refractivity contribution in [1.82, 2.24) is 15.0 Å². The molecule has 1 N–H and O–H groups in total. The lowest BCUT2D eigenvalue weighted by Crippen LogP contribution is -2.12. The molecular formula is C15H17ClN4O. The number of benzene rings is 1. The van der Waals surface area contributed by atoms with E-state index in [2.05, 4.69) is 15.0 Å². The molecule has 0 aliphatic rings. The molecule has 110 valence electrons. The molecule has 0 fully saturated rings. The van der Waals surface area contributed by atoms with E-state index in [1.54, 1.807) is 7.11 Å². The van der Waals surface area contributed by atoms with E-state index >= 15 is 0 Å². The van der Waals surface area contributed by atoms with Gasteiger partial charge < -0.3 is 14.6 Å². The van der Waals surface area contributed by atoms with Crippen molar-refractivity contribution in [2.75, 3.05) is 19.1 Å². The van der Waals surface area contributed by atoms with Crippen LogP contribution in [0.25, 0.3) is 11.0 Å². The summed E-state index contributed by atoms with van der Waals surface area (Å²) in [4.78, 5) is 14.2. The maximum atomic E-state index is 5.18. The molecule has 1 aromatic carbocycles. The minimum Gasteiger partial charge on any atom is -0.497 e. The third-order valence-corrected chi connectivity index (χ3v) is 3.28. The van der Waals surface area contributed by atoms with E-state index in [0.717, 1.165) is 34.1 Å². The number of ether oxygens (including phenoxy) is 1. The molecule has 6 heteroatoms. The third kappa shape index (κ3) is 2.78. The fourth-order valence-corrected chi connectivity index (χ4v) is 2.21. The number of aromatic nitrogens is 3. The van der Waals surface area contributed by atoms with Crippen LogP contribution in [-0.2, 0) is 0 Å². The normalized spacial score (nSPS) is 10.2. The van der Waals surface area contributed by atoms with E-state index in [1.165, 1.54) is 0 Å². The number of H-pyrrole nitrogens is 1. The molecule has 3 aromatic rings. The SMILES string of the molecule is COc1ccc(N(C)c2nc(C)nc3cc[nH]c23)cc1.Cl. The zero-order valence-electron chi connectivity index (χ0n) is 12.1. The fraction of sp³-hybridized carbons (Fsp3) is 0.200. The highest BCUT2D eigenvalue weighted by Gasteiger charge is 2.12. The smallest absolute Gasteiger partial charge is 0.160 e. The molecule has 5 nitrogen and oxygen atoms in total. The van der Waals surface area contributed by atoms with Crippen molar-refractivity contribution in [2.45, 2.75) is 6.92 Å². The highest BCUT2D eigenvalue weighted by molar-refractivity contribution is 5.88. The lowest BCUT2D eigenvalue weighted by molar-refractivity contribution is 0.415. The number of hydrogen-bond donors (Lipinski definition) is 1. The topological polar surface area (TPSA) is 54.0 Å². The van der Waals surface area contributed by atoms with Crippen LogP contribution in [0.2, 0.25) is 0 Å². The summed E-state index contributed by atoms with van der Waals surface area (Å²) in [5, 5.41) is 0. The van der Waals surface area contributed by atoms with E-state index in [9.17, 15) is 0 Å². The van der Waals surface area contributed by atoms with Crippen molar-refractivity contribution < 1.29 is 4.74 Å². The van der Waals surface area contributed by atoms with Crippen LogP contribution in [0.1, 0.15) is 5.82 Å². The maximum Gasteiger partial charge on any atom is 0.160 e. The summed E-state index contributed by atoms with van der Waals surface area (Å²) in [5.74, 6) is 2.46. The highest BCUT2D eigenvalue weighted by atomic mass is 35.5. The minimum absolute atomic E-state index is 0. The third-order valence-electron chi connectivity index (χ3n) is 3.28. The lowest BCUT2D eigenvalue weighted by Gasteiger charge is -2.19. The molecule has 0 spiro atoms. The van der Waals surface area contributed by atoms with Crippen molar-refractivity contribution in [2.24, 2.45) is 0 Å². The molecule has 2 aromatic heterocycles. The van der Waals surface area contributed by atoms with E-state index in [1.807, 2.05) is 55.4 Å². The summed E-state index contributed by atoms with van der Waals surface area (Å²) in [5.41, 5.74) is 2.90. The Hall–Kier alpha value is -2.27. The first-order chi connectivity index (χ1) is 9.69. The molecule has 0 bridgehead atoms. The monoisotopic (exact) mass is 304 g/mol. The van der Waals surface area contributed by atoms with Crippen molar-refractivity contribution in [1.29, 1.82) is 0 Å². The Bertz CT molecular complexity index is 739. The van der Waals surface area contributed by atoms with Crippen molar-refractivity contribution in [3.8, 4) is 5.75 Å². The Balaban J connectivity index is 0.00000161. The van der Waals surface area contributed by atoms with Crippen LogP contribution >= 0.6 is 12.4 Å². The van der Waals surface area contributed by atoms with Gasteiger partial charge in [-0.2, -0.15) is 0 Å². The molecule has 0 saturated heterocycles. The summed E-state index contributed by atoms with van der Waals surface area (Å²) in [6.45, 7) is 1.90. The number of hydrogen-bond acceptors (Lipinski definition) is 4. The van der Waals surface area contributed by atoms with Crippen LogP contribution in [0.15, 0.2) is 36.5 Å². The molecule has 0 aliphatic heterocycles. The van der Waals surface area contributed by atoms with E-state index in [4.69, 9.17) is 4.74 Å². The van der Waals surface area contributed by atoms with E-state index in [-0.39, 0.29) is 12.4 Å². The quantitative estimate of drug-likeness (QED) is 0.805. The second-order valence-corrected chi connectivity index (χ2v) is 4.59. The Morgan fingerprint density at radius 2 is 1.81 bits per heavy atom. The van der Waals surface area contributed by atoms with Gasteiger partial charge in [0.05, 0.1) is 12.6 Å². The number of aryl methyl sites for hydroxylation is 1. The number of halogens is 1. The average Bonchev–Trinajstić information content (AvgIpc) is 2.94. The number of nitrogens with one attached hydrogen (secondary N) is 1. The number of fused-ring (bicyclic) bond motifs is 1. The first kappa shape index (κ1) is 15.1. The molecule has 0 radical (unpaired) electrons. The predicted octanol–water partition coefficient (Wildman–Crippen LogP) is 3.46. The van der Waals surface area contributed by atoms with E-state index in [0.29, 0.717) is 0 Å². The Kier molecular flexibility index (Phi) is 4.33. The Labute approximate surface area is 129 Å². The van der Waals surface area contributed by atoms with Gasteiger partial charge in [-0.05, 0) is 37.3 Å². The second kappa shape index (κ2) is 6.01. The van der Waals surface area contributed by atoms with Crippen LogP contribution in [0.5, 0.6) is 5.75 Å². The molecule has 21 heavy (non-hydrogen) atoms. The van der Waals surface area contributed by atoms with Crippen molar-refractivity contribution in [3.63, 3.8) is 0 Å². The first-order valence-electron chi connectivity index (χ1n) is 6.38. The number of methoxy groups -OCH3 is 1. The summed E-state index contributed by atoms with van der Waals surface area (Å²) in [6, 6.07) is 9.84.